The number of nitrogens with zero attached hydrogens (tertiary/aromatic N) is 2. The molecule has 2 heterocycles. The van der Waals surface area contributed by atoms with Crippen LogP contribution >= 0.6 is 11.6 Å². The van der Waals surface area contributed by atoms with Gasteiger partial charge in [-0.25, -0.2) is 9.97 Å². The van der Waals surface area contributed by atoms with Gasteiger partial charge >= 0.3 is 0 Å². The van der Waals surface area contributed by atoms with Gasteiger partial charge in [-0.05, 0) is 54.3 Å². The van der Waals surface area contributed by atoms with Crippen LogP contribution in [-0.4, -0.2) is 17.1 Å². The molecule has 0 spiro atoms. The monoisotopic (exact) mass is 275 g/mol. The number of fused-ring (bicyclic) bond motifs is 1. The minimum Gasteiger partial charge on any atom is -0.497 e. The number of rotatable bonds is 2. The molecule has 1 aliphatic heterocycles. The first-order valence-corrected chi connectivity index (χ1v) is 6.56. The van der Waals surface area contributed by atoms with Crippen molar-refractivity contribution in [2.24, 2.45) is 0 Å². The largest absolute Gasteiger partial charge is 0.497 e. The Labute approximate surface area is 116 Å². The summed E-state index contributed by atoms with van der Waals surface area (Å²) >= 11 is 5.84. The number of aryl methyl sites for hydroxylation is 1. The van der Waals surface area contributed by atoms with E-state index < -0.39 is 0 Å². The highest BCUT2D eigenvalue weighted by Crippen LogP contribution is 2.33. The molecule has 98 valence electrons. The molecule has 1 aromatic heterocycles. The maximum atomic E-state index is 5.84. The van der Waals surface area contributed by atoms with Gasteiger partial charge in [0, 0.05) is 11.9 Å². The highest BCUT2D eigenvalue weighted by molar-refractivity contribution is 6.28. The van der Waals surface area contributed by atoms with Gasteiger partial charge in [-0.1, -0.05) is 0 Å². The number of hydrogen-bond acceptors (Lipinski definition) is 4. The molecular weight excluding hydrogens is 262 g/mol. The van der Waals surface area contributed by atoms with Crippen LogP contribution < -0.4 is 10.1 Å². The molecule has 19 heavy (non-hydrogen) atoms. The van der Waals surface area contributed by atoms with Gasteiger partial charge in [-0.3, -0.25) is 0 Å². The van der Waals surface area contributed by atoms with E-state index in [9.17, 15) is 0 Å². The fourth-order valence-corrected chi connectivity index (χ4v) is 2.52. The molecule has 2 aromatic rings. The lowest BCUT2D eigenvalue weighted by atomic mass is 9.96. The number of ether oxygens (including phenoxy) is 1. The Kier molecular flexibility index (Phi) is 3.25. The number of aromatic nitrogens is 2. The normalized spacial score (nSPS) is 17.5. The zero-order valence-corrected chi connectivity index (χ0v) is 11.3. The Morgan fingerprint density at radius 2 is 2.26 bits per heavy atom. The molecule has 1 unspecified atom stereocenters. The molecule has 0 bridgehead atoms. The van der Waals surface area contributed by atoms with E-state index >= 15 is 0 Å². The van der Waals surface area contributed by atoms with E-state index in [-0.39, 0.29) is 6.04 Å². The van der Waals surface area contributed by atoms with Gasteiger partial charge in [0.15, 0.2) is 0 Å². The third-order valence-corrected chi connectivity index (χ3v) is 3.53. The lowest BCUT2D eigenvalue weighted by Crippen LogP contribution is -2.19. The highest BCUT2D eigenvalue weighted by Gasteiger charge is 2.20. The smallest absolute Gasteiger partial charge is 0.222 e. The van der Waals surface area contributed by atoms with Gasteiger partial charge in [-0.2, -0.15) is 0 Å². The first-order valence-electron chi connectivity index (χ1n) is 6.18. The predicted molar refractivity (Wildman–Crippen MR) is 74.7 cm³/mol. The van der Waals surface area contributed by atoms with Crippen LogP contribution in [0.4, 0.5) is 5.69 Å². The number of hydrogen-bond donors (Lipinski definition) is 1. The van der Waals surface area contributed by atoms with Crippen LogP contribution in [0, 0.1) is 0 Å². The van der Waals surface area contributed by atoms with Gasteiger partial charge in [0.25, 0.3) is 0 Å². The average molecular weight is 276 g/mol. The van der Waals surface area contributed by atoms with Gasteiger partial charge in [-0.15, -0.1) is 0 Å². The molecule has 5 heteroatoms. The van der Waals surface area contributed by atoms with E-state index in [1.54, 1.807) is 13.3 Å². The summed E-state index contributed by atoms with van der Waals surface area (Å²) in [6.07, 6.45) is 3.66. The van der Waals surface area contributed by atoms with Crippen molar-refractivity contribution >= 4 is 17.3 Å². The van der Waals surface area contributed by atoms with Gasteiger partial charge in [0.05, 0.1) is 18.8 Å². The second kappa shape index (κ2) is 5.05. The number of anilines is 1. The summed E-state index contributed by atoms with van der Waals surface area (Å²) in [5, 5.41) is 3.78. The molecule has 1 N–H and O–H groups in total. The SMILES string of the molecule is COc1ccc2c(c1)CCC(c1ccnc(Cl)n1)N2. The van der Waals surface area contributed by atoms with E-state index in [0.717, 1.165) is 30.0 Å². The topological polar surface area (TPSA) is 47.0 Å². The number of methoxy groups -OCH3 is 1. The summed E-state index contributed by atoms with van der Waals surface area (Å²) in [5.74, 6) is 0.893. The summed E-state index contributed by atoms with van der Waals surface area (Å²) in [7, 11) is 1.68. The van der Waals surface area contributed by atoms with Crippen molar-refractivity contribution < 1.29 is 4.74 Å². The molecular formula is C14H14ClN3O. The second-order valence-electron chi connectivity index (χ2n) is 4.51. The standard InChI is InChI=1S/C14H14ClN3O/c1-19-10-3-5-11-9(8-10)2-4-12(17-11)13-6-7-16-14(15)18-13/h3,5-8,12,17H,2,4H2,1H3. The zero-order valence-electron chi connectivity index (χ0n) is 10.6. The van der Waals surface area contributed by atoms with E-state index in [1.807, 2.05) is 18.2 Å². The van der Waals surface area contributed by atoms with Gasteiger partial charge < -0.3 is 10.1 Å². The van der Waals surface area contributed by atoms with Crippen LogP contribution in [0.25, 0.3) is 0 Å². The molecule has 1 atom stereocenters. The Hall–Kier alpha value is -1.81. The lowest BCUT2D eigenvalue weighted by molar-refractivity contribution is 0.414. The van der Waals surface area contributed by atoms with Crippen molar-refractivity contribution in [3.63, 3.8) is 0 Å². The molecule has 0 saturated carbocycles. The van der Waals surface area contributed by atoms with Crippen molar-refractivity contribution in [1.29, 1.82) is 0 Å². The van der Waals surface area contributed by atoms with Gasteiger partial charge in [0.2, 0.25) is 5.28 Å². The van der Waals surface area contributed by atoms with Crippen LogP contribution in [0.15, 0.2) is 30.5 Å². The summed E-state index contributed by atoms with van der Waals surface area (Å²) in [5.41, 5.74) is 3.34. The van der Waals surface area contributed by atoms with E-state index in [2.05, 4.69) is 21.4 Å². The quantitative estimate of drug-likeness (QED) is 0.855. The first kappa shape index (κ1) is 12.2. The molecule has 0 radical (unpaired) electrons. The van der Waals surface area contributed by atoms with Crippen molar-refractivity contribution in [3.05, 3.63) is 47.0 Å². The van der Waals surface area contributed by atoms with Crippen molar-refractivity contribution in [2.45, 2.75) is 18.9 Å². The van der Waals surface area contributed by atoms with Crippen LogP contribution in [0.3, 0.4) is 0 Å². The van der Waals surface area contributed by atoms with Crippen LogP contribution in [0.2, 0.25) is 5.28 Å². The predicted octanol–water partition coefficient (Wildman–Crippen LogP) is 3.24. The maximum Gasteiger partial charge on any atom is 0.222 e. The van der Waals surface area contributed by atoms with Crippen molar-refractivity contribution in [3.8, 4) is 5.75 Å². The Morgan fingerprint density at radius 3 is 3.05 bits per heavy atom. The minimum atomic E-state index is 0.182. The molecule has 3 rings (SSSR count). The third-order valence-electron chi connectivity index (χ3n) is 3.35. The minimum absolute atomic E-state index is 0.182. The third kappa shape index (κ3) is 2.49. The first-order chi connectivity index (χ1) is 9.26. The van der Waals surface area contributed by atoms with Crippen LogP contribution in [0.1, 0.15) is 23.7 Å². The molecule has 0 aliphatic carbocycles. The molecule has 4 nitrogen and oxygen atoms in total. The maximum absolute atomic E-state index is 5.84. The van der Waals surface area contributed by atoms with Crippen LogP contribution in [0.5, 0.6) is 5.75 Å². The van der Waals surface area contributed by atoms with E-state index in [1.165, 1.54) is 5.56 Å². The number of halogens is 1. The molecule has 0 amide bonds. The molecule has 0 saturated heterocycles. The number of benzene rings is 1. The van der Waals surface area contributed by atoms with Crippen molar-refractivity contribution in [2.75, 3.05) is 12.4 Å². The Balaban J connectivity index is 1.86. The molecule has 1 aromatic carbocycles. The fourth-order valence-electron chi connectivity index (χ4n) is 2.37. The van der Waals surface area contributed by atoms with E-state index in [0.29, 0.717) is 5.28 Å². The lowest BCUT2D eigenvalue weighted by Gasteiger charge is -2.27. The summed E-state index contributed by atoms with van der Waals surface area (Å²) in [4.78, 5) is 8.18. The Bertz CT molecular complexity index is 603. The highest BCUT2D eigenvalue weighted by atomic mass is 35.5. The summed E-state index contributed by atoms with van der Waals surface area (Å²) < 4.78 is 5.24. The second-order valence-corrected chi connectivity index (χ2v) is 4.85. The summed E-state index contributed by atoms with van der Waals surface area (Å²) in [6, 6.07) is 8.16. The molecule has 0 fully saturated rings. The zero-order chi connectivity index (χ0) is 13.2. The molecule has 1 aliphatic rings. The van der Waals surface area contributed by atoms with Crippen molar-refractivity contribution in [1.82, 2.24) is 9.97 Å². The average Bonchev–Trinajstić information content (AvgIpc) is 2.46. The fraction of sp³-hybridized carbons (Fsp3) is 0.286. The van der Waals surface area contributed by atoms with Gasteiger partial charge in [0.1, 0.15) is 5.75 Å². The van der Waals surface area contributed by atoms with E-state index in [4.69, 9.17) is 16.3 Å². The summed E-state index contributed by atoms with van der Waals surface area (Å²) in [6.45, 7) is 0. The van der Waals surface area contributed by atoms with Crippen LogP contribution in [-0.2, 0) is 6.42 Å². The Morgan fingerprint density at radius 1 is 1.37 bits per heavy atom. The number of nitrogens with one attached hydrogen (secondary N) is 1.